The Morgan fingerprint density at radius 2 is 2.00 bits per heavy atom. The lowest BCUT2D eigenvalue weighted by atomic mass is 10.5. The lowest BCUT2D eigenvalue weighted by molar-refractivity contribution is 0.113. The molecule has 114 valence electrons. The fourth-order valence-corrected chi connectivity index (χ4v) is 1.97. The summed E-state index contributed by atoms with van der Waals surface area (Å²) in [7, 11) is 4.49. The van der Waals surface area contributed by atoms with Gasteiger partial charge in [-0.15, -0.1) is 0 Å². The van der Waals surface area contributed by atoms with Crippen LogP contribution in [0.1, 0.15) is 12.7 Å². The van der Waals surface area contributed by atoms with Crippen LogP contribution in [0.4, 0.5) is 4.79 Å². The zero-order valence-corrected chi connectivity index (χ0v) is 12.3. The molecule has 2 heterocycles. The van der Waals surface area contributed by atoms with Crippen LogP contribution < -0.4 is 11.2 Å². The minimum absolute atomic E-state index is 0.144. The number of carbonyl (C=O) groups excluding carboxylic acids is 1. The number of amides is 1. The van der Waals surface area contributed by atoms with Crippen LogP contribution in [0.15, 0.2) is 9.59 Å². The van der Waals surface area contributed by atoms with Crippen molar-refractivity contribution in [2.45, 2.75) is 13.5 Å². The van der Waals surface area contributed by atoms with Gasteiger partial charge in [0, 0.05) is 21.1 Å². The van der Waals surface area contributed by atoms with Gasteiger partial charge in [-0.05, 0) is 6.92 Å². The van der Waals surface area contributed by atoms with Crippen molar-refractivity contribution in [2.75, 3.05) is 13.7 Å². The second kappa shape index (κ2) is 5.43. The molecule has 0 unspecified atom stereocenters. The van der Waals surface area contributed by atoms with E-state index >= 15 is 0 Å². The number of aromatic nitrogens is 4. The number of nitrogens with zero attached hydrogens (tertiary/aromatic N) is 4. The van der Waals surface area contributed by atoms with Crippen LogP contribution in [0.25, 0.3) is 11.2 Å². The first-order valence-electron chi connectivity index (χ1n) is 6.39. The van der Waals surface area contributed by atoms with Crippen LogP contribution in [0, 0.1) is 0 Å². The minimum atomic E-state index is -0.486. The molecule has 2 aromatic heterocycles. The highest BCUT2D eigenvalue weighted by atomic mass is 16.6. The van der Waals surface area contributed by atoms with Crippen LogP contribution >= 0.6 is 0 Å². The molecule has 0 bridgehead atoms. The SMILES string of the molecule is CCOC(=O)N(C)Cc1nc2c([nH]1)c(=O)n(C)c(=O)n2C. The van der Waals surface area contributed by atoms with Crippen LogP contribution in [-0.2, 0) is 25.4 Å². The average molecular weight is 295 g/mol. The van der Waals surface area contributed by atoms with Crippen LogP contribution in [-0.4, -0.2) is 43.7 Å². The van der Waals surface area contributed by atoms with Crippen molar-refractivity contribution < 1.29 is 9.53 Å². The van der Waals surface area contributed by atoms with Crippen molar-refractivity contribution in [1.29, 1.82) is 0 Å². The number of hydrogen-bond acceptors (Lipinski definition) is 5. The van der Waals surface area contributed by atoms with Gasteiger partial charge in [0.1, 0.15) is 11.3 Å². The predicted octanol–water partition coefficient (Wildman–Crippen LogP) is -0.451. The summed E-state index contributed by atoms with van der Waals surface area (Å²) in [6.45, 7) is 2.13. The van der Waals surface area contributed by atoms with Gasteiger partial charge in [-0.1, -0.05) is 0 Å². The number of ether oxygens (including phenoxy) is 1. The zero-order chi connectivity index (χ0) is 15.7. The average Bonchev–Trinajstić information content (AvgIpc) is 2.87. The molecule has 0 spiro atoms. The Bertz CT molecular complexity index is 800. The first kappa shape index (κ1) is 14.8. The molecule has 0 saturated carbocycles. The standard InChI is InChI=1S/C12H17N5O4/c1-5-21-12(20)15(2)6-7-13-8-9(14-7)16(3)11(19)17(4)10(8)18/h5-6H2,1-4H3,(H,13,14). The third-order valence-corrected chi connectivity index (χ3v) is 3.11. The monoisotopic (exact) mass is 295 g/mol. The largest absolute Gasteiger partial charge is 0.450 e. The number of aryl methyl sites for hydroxylation is 1. The number of aromatic amines is 1. The molecule has 1 amide bonds. The van der Waals surface area contributed by atoms with E-state index in [1.54, 1.807) is 14.0 Å². The van der Waals surface area contributed by atoms with Crippen molar-refractivity contribution in [2.24, 2.45) is 14.1 Å². The first-order valence-corrected chi connectivity index (χ1v) is 6.39. The fourth-order valence-electron chi connectivity index (χ4n) is 1.97. The second-order valence-electron chi connectivity index (χ2n) is 4.64. The molecule has 2 rings (SSSR count). The molecule has 1 N–H and O–H groups in total. The van der Waals surface area contributed by atoms with Crippen molar-refractivity contribution >= 4 is 17.3 Å². The molecule has 0 saturated heterocycles. The van der Waals surface area contributed by atoms with Gasteiger partial charge in [-0.2, -0.15) is 0 Å². The van der Waals surface area contributed by atoms with E-state index in [0.29, 0.717) is 5.82 Å². The summed E-state index contributed by atoms with van der Waals surface area (Å²) in [6, 6.07) is 0. The molecule has 9 nitrogen and oxygen atoms in total. The van der Waals surface area contributed by atoms with Gasteiger partial charge < -0.3 is 14.6 Å². The lowest BCUT2D eigenvalue weighted by Gasteiger charge is -2.14. The van der Waals surface area contributed by atoms with Crippen LogP contribution in [0.5, 0.6) is 0 Å². The van der Waals surface area contributed by atoms with Gasteiger partial charge in [-0.3, -0.25) is 13.9 Å². The van der Waals surface area contributed by atoms with Gasteiger partial charge in [-0.25, -0.2) is 14.6 Å². The quantitative estimate of drug-likeness (QED) is 0.826. The molecular formula is C12H17N5O4. The molecule has 0 aliphatic rings. The number of fused-ring (bicyclic) bond motifs is 1. The normalized spacial score (nSPS) is 10.9. The Kier molecular flexibility index (Phi) is 3.83. The Labute approximate surface area is 119 Å². The van der Waals surface area contributed by atoms with Crippen molar-refractivity contribution in [3.63, 3.8) is 0 Å². The van der Waals surface area contributed by atoms with E-state index in [4.69, 9.17) is 4.74 Å². The van der Waals surface area contributed by atoms with Gasteiger partial charge in [0.25, 0.3) is 5.56 Å². The molecule has 2 aromatic rings. The molecular weight excluding hydrogens is 278 g/mol. The summed E-state index contributed by atoms with van der Waals surface area (Å²) in [6.07, 6.45) is -0.486. The Morgan fingerprint density at radius 1 is 1.33 bits per heavy atom. The smallest absolute Gasteiger partial charge is 0.409 e. The van der Waals surface area contributed by atoms with E-state index in [-0.39, 0.29) is 24.3 Å². The Balaban J connectivity index is 2.43. The maximum atomic E-state index is 12.0. The molecule has 0 aliphatic carbocycles. The highest BCUT2D eigenvalue weighted by molar-refractivity contribution is 5.70. The summed E-state index contributed by atoms with van der Waals surface area (Å²) in [5, 5.41) is 0. The van der Waals surface area contributed by atoms with Crippen LogP contribution in [0.2, 0.25) is 0 Å². The molecule has 9 heteroatoms. The van der Waals surface area contributed by atoms with Gasteiger partial charge >= 0.3 is 11.8 Å². The van der Waals surface area contributed by atoms with E-state index in [1.807, 2.05) is 0 Å². The van der Waals surface area contributed by atoms with E-state index in [0.717, 1.165) is 4.57 Å². The summed E-state index contributed by atoms with van der Waals surface area (Å²) in [5.41, 5.74) is -0.419. The molecule has 0 aliphatic heterocycles. The minimum Gasteiger partial charge on any atom is -0.450 e. The third-order valence-electron chi connectivity index (χ3n) is 3.11. The van der Waals surface area contributed by atoms with Crippen LogP contribution in [0.3, 0.4) is 0 Å². The predicted molar refractivity (Wildman–Crippen MR) is 75.1 cm³/mol. The molecule has 0 atom stereocenters. The maximum Gasteiger partial charge on any atom is 0.409 e. The molecule has 0 radical (unpaired) electrons. The number of H-pyrrole nitrogens is 1. The number of carbonyl (C=O) groups is 1. The highest BCUT2D eigenvalue weighted by Gasteiger charge is 2.16. The van der Waals surface area contributed by atoms with Crippen molar-refractivity contribution in [3.8, 4) is 0 Å². The summed E-state index contributed by atoms with van der Waals surface area (Å²) in [5.74, 6) is 0.402. The number of imidazole rings is 1. The second-order valence-corrected chi connectivity index (χ2v) is 4.64. The van der Waals surface area contributed by atoms with E-state index < -0.39 is 17.3 Å². The van der Waals surface area contributed by atoms with E-state index in [9.17, 15) is 14.4 Å². The Hall–Kier alpha value is -2.58. The lowest BCUT2D eigenvalue weighted by Crippen LogP contribution is -2.36. The fraction of sp³-hybridized carbons (Fsp3) is 0.500. The highest BCUT2D eigenvalue weighted by Crippen LogP contribution is 2.06. The number of rotatable bonds is 3. The maximum absolute atomic E-state index is 12.0. The zero-order valence-electron chi connectivity index (χ0n) is 12.3. The van der Waals surface area contributed by atoms with Crippen molar-refractivity contribution in [1.82, 2.24) is 24.0 Å². The summed E-state index contributed by atoms with van der Waals surface area (Å²) < 4.78 is 7.14. The van der Waals surface area contributed by atoms with Crippen molar-refractivity contribution in [3.05, 3.63) is 26.7 Å². The van der Waals surface area contributed by atoms with Gasteiger partial charge in [0.05, 0.1) is 13.2 Å². The number of nitrogens with one attached hydrogen (secondary N) is 1. The van der Waals surface area contributed by atoms with E-state index in [1.165, 1.54) is 23.6 Å². The number of hydrogen-bond donors (Lipinski definition) is 1. The molecule has 21 heavy (non-hydrogen) atoms. The van der Waals surface area contributed by atoms with Gasteiger partial charge in [0.15, 0.2) is 5.65 Å². The first-order chi connectivity index (χ1) is 9.86. The third kappa shape index (κ3) is 2.54. The molecule has 0 fully saturated rings. The van der Waals surface area contributed by atoms with Gasteiger partial charge in [0.2, 0.25) is 0 Å². The topological polar surface area (TPSA) is 102 Å². The summed E-state index contributed by atoms with van der Waals surface area (Å²) >= 11 is 0. The Morgan fingerprint density at radius 3 is 2.62 bits per heavy atom. The van der Waals surface area contributed by atoms with E-state index in [2.05, 4.69) is 9.97 Å². The molecule has 0 aromatic carbocycles. The summed E-state index contributed by atoms with van der Waals surface area (Å²) in [4.78, 5) is 43.7.